The molecule has 0 spiro atoms. The Morgan fingerprint density at radius 2 is 2.00 bits per heavy atom. The number of carbonyl (C=O) groups excluding carboxylic acids is 1. The Hall–Kier alpha value is -0.471. The number of hydrogen-bond acceptors (Lipinski definition) is 3. The molecule has 0 saturated heterocycles. The molecule has 11 heavy (non-hydrogen) atoms. The van der Waals surface area contributed by atoms with Crippen LogP contribution in [0.15, 0.2) is 11.8 Å². The van der Waals surface area contributed by atoms with E-state index in [1.54, 1.807) is 13.8 Å². The number of allylic oxidation sites excluding steroid dienone is 1. The van der Waals surface area contributed by atoms with Crippen molar-refractivity contribution in [3.8, 4) is 0 Å². The molecule has 0 aliphatic rings. The van der Waals surface area contributed by atoms with E-state index in [4.69, 9.17) is 5.11 Å². The number of aliphatic hydroxyl groups is 1. The molecule has 1 radical (unpaired) electrons. The fourth-order valence-corrected chi connectivity index (χ4v) is 0.346. The number of carbonyl (C=O) groups is 1. The van der Waals surface area contributed by atoms with Crippen LogP contribution in [0.25, 0.3) is 0 Å². The second-order valence-corrected chi connectivity index (χ2v) is 2.25. The molecule has 0 bridgehead atoms. The van der Waals surface area contributed by atoms with Crippen LogP contribution >= 0.6 is 0 Å². The van der Waals surface area contributed by atoms with Gasteiger partial charge in [-0.3, -0.25) is 0 Å². The van der Waals surface area contributed by atoms with Crippen molar-refractivity contribution in [1.82, 2.24) is 0 Å². The molecule has 4 heteroatoms. The average molecular weight is 208 g/mol. The van der Waals surface area contributed by atoms with E-state index in [0.29, 0.717) is 0 Å². The summed E-state index contributed by atoms with van der Waals surface area (Å²) in [6.07, 6.45) is 1.07. The van der Waals surface area contributed by atoms with E-state index < -0.39 is 5.97 Å². The van der Waals surface area contributed by atoms with Gasteiger partial charge in [0.05, 0.1) is 13.2 Å². The minimum Gasteiger partial charge on any atom is -0.512 e. The van der Waals surface area contributed by atoms with Crippen molar-refractivity contribution >= 4 is 5.97 Å². The van der Waals surface area contributed by atoms with Crippen molar-refractivity contribution in [2.75, 3.05) is 7.11 Å². The van der Waals surface area contributed by atoms with Crippen molar-refractivity contribution in [2.24, 2.45) is 5.92 Å². The normalized spacial score (nSPS) is 10.7. The molecule has 0 atom stereocenters. The third-order valence-electron chi connectivity index (χ3n) is 1.06. The van der Waals surface area contributed by atoms with Gasteiger partial charge in [0.15, 0.2) is 0 Å². The molecule has 3 nitrogen and oxygen atoms in total. The first-order valence-electron chi connectivity index (χ1n) is 3.06. The van der Waals surface area contributed by atoms with Gasteiger partial charge in [0.1, 0.15) is 5.76 Å². The van der Waals surface area contributed by atoms with Gasteiger partial charge in [-0.15, -0.1) is 0 Å². The van der Waals surface area contributed by atoms with Gasteiger partial charge in [-0.05, 0) is 0 Å². The summed E-state index contributed by atoms with van der Waals surface area (Å²) in [5.41, 5.74) is 0. The third-order valence-corrected chi connectivity index (χ3v) is 1.06. The van der Waals surface area contributed by atoms with E-state index in [1.807, 2.05) is 0 Å². The topological polar surface area (TPSA) is 46.5 Å². The summed E-state index contributed by atoms with van der Waals surface area (Å²) >= 11 is 0. The first-order chi connectivity index (χ1) is 4.57. The zero-order valence-electron chi connectivity index (χ0n) is 6.72. The fraction of sp³-hybridized carbons (Fsp3) is 0.571. The maximum Gasteiger partial charge on any atom is 0.333 e. The summed E-state index contributed by atoms with van der Waals surface area (Å²) in [5, 5.41) is 8.99. The molecule has 69 valence electrons. The van der Waals surface area contributed by atoms with E-state index in [9.17, 15) is 4.79 Å². The smallest absolute Gasteiger partial charge is 0.333 e. The van der Waals surface area contributed by atoms with Crippen molar-refractivity contribution < 1.29 is 31.7 Å². The number of aliphatic hydroxyl groups excluding tert-OH is 1. The first-order valence-corrected chi connectivity index (χ1v) is 3.06. The maximum absolute atomic E-state index is 10.5. The summed E-state index contributed by atoms with van der Waals surface area (Å²) in [4.78, 5) is 10.5. The number of hydrogen-bond donors (Lipinski definition) is 1. The number of rotatable bonds is 2. The zero-order valence-corrected chi connectivity index (χ0v) is 7.66. The number of methoxy groups -OCH3 is 1. The quantitative estimate of drug-likeness (QED) is 0.321. The largest absolute Gasteiger partial charge is 0.512 e. The second-order valence-electron chi connectivity index (χ2n) is 2.25. The predicted molar refractivity (Wildman–Crippen MR) is 37.6 cm³/mol. The molecule has 0 amide bonds. The standard InChI is InChI=1S/C7H12O3.Cu/c1-5(2)6(8)4-7(9)10-3;/h4-5,8H,1-3H3;/b6-4-;. The Labute approximate surface area is 76.9 Å². The van der Waals surface area contributed by atoms with Crippen LogP contribution < -0.4 is 0 Å². The molecular formula is C7H12CuO3. The van der Waals surface area contributed by atoms with Gasteiger partial charge >= 0.3 is 5.97 Å². The first kappa shape index (κ1) is 13.1. The minimum atomic E-state index is -0.522. The van der Waals surface area contributed by atoms with Crippen LogP contribution in [0, 0.1) is 5.92 Å². The van der Waals surface area contributed by atoms with Gasteiger partial charge in [0.25, 0.3) is 0 Å². The van der Waals surface area contributed by atoms with Gasteiger partial charge in [-0.25, -0.2) is 4.79 Å². The third kappa shape index (κ3) is 5.95. The van der Waals surface area contributed by atoms with Gasteiger partial charge < -0.3 is 9.84 Å². The maximum atomic E-state index is 10.5. The van der Waals surface area contributed by atoms with E-state index >= 15 is 0 Å². The van der Waals surface area contributed by atoms with E-state index in [-0.39, 0.29) is 28.7 Å². The van der Waals surface area contributed by atoms with Crippen molar-refractivity contribution in [2.45, 2.75) is 13.8 Å². The Morgan fingerprint density at radius 1 is 1.55 bits per heavy atom. The van der Waals surface area contributed by atoms with Crippen LogP contribution in [0.3, 0.4) is 0 Å². The summed E-state index contributed by atoms with van der Waals surface area (Å²) in [6, 6.07) is 0. The van der Waals surface area contributed by atoms with E-state index in [0.717, 1.165) is 6.08 Å². The number of esters is 1. The molecule has 0 aromatic rings. The van der Waals surface area contributed by atoms with Crippen LogP contribution in [0.5, 0.6) is 0 Å². The molecule has 0 saturated carbocycles. The van der Waals surface area contributed by atoms with Gasteiger partial charge in [0.2, 0.25) is 0 Å². The Kier molecular flexibility index (Phi) is 7.47. The van der Waals surface area contributed by atoms with Crippen molar-refractivity contribution in [3.05, 3.63) is 11.8 Å². The molecule has 0 rings (SSSR count). The van der Waals surface area contributed by atoms with Gasteiger partial charge in [-0.2, -0.15) is 0 Å². The molecule has 0 unspecified atom stereocenters. The second kappa shape index (κ2) is 6.25. The summed E-state index contributed by atoms with van der Waals surface area (Å²) < 4.78 is 4.30. The predicted octanol–water partition coefficient (Wildman–Crippen LogP) is 1.25. The van der Waals surface area contributed by atoms with E-state index in [1.165, 1.54) is 7.11 Å². The van der Waals surface area contributed by atoms with Gasteiger partial charge in [0, 0.05) is 23.0 Å². The monoisotopic (exact) mass is 207 g/mol. The Balaban J connectivity index is 0. The molecule has 1 N–H and O–H groups in total. The van der Waals surface area contributed by atoms with Crippen molar-refractivity contribution in [1.29, 1.82) is 0 Å². The summed E-state index contributed by atoms with van der Waals surface area (Å²) in [6.45, 7) is 3.57. The summed E-state index contributed by atoms with van der Waals surface area (Å²) in [7, 11) is 1.27. The molecular weight excluding hydrogens is 196 g/mol. The summed E-state index contributed by atoms with van der Waals surface area (Å²) in [5.74, 6) is -0.503. The van der Waals surface area contributed by atoms with Crippen molar-refractivity contribution in [3.63, 3.8) is 0 Å². The van der Waals surface area contributed by atoms with Gasteiger partial charge in [-0.1, -0.05) is 13.8 Å². The Morgan fingerprint density at radius 3 is 2.27 bits per heavy atom. The SMILES string of the molecule is COC(=O)/C=C(\O)C(C)C.[Cu]. The average Bonchev–Trinajstić information content (AvgIpc) is 1.87. The molecule has 0 aliphatic heterocycles. The molecule has 0 fully saturated rings. The fourth-order valence-electron chi connectivity index (χ4n) is 0.346. The van der Waals surface area contributed by atoms with Crippen LogP contribution in [0.4, 0.5) is 0 Å². The van der Waals surface area contributed by atoms with Crippen LogP contribution in [-0.2, 0) is 26.6 Å². The minimum absolute atomic E-state index is 0. The van der Waals surface area contributed by atoms with Crippen LogP contribution in [0.1, 0.15) is 13.8 Å². The molecule has 0 aromatic carbocycles. The number of ether oxygens (including phenoxy) is 1. The molecule has 0 aromatic heterocycles. The molecule has 0 heterocycles. The molecule has 0 aliphatic carbocycles. The van der Waals surface area contributed by atoms with Crippen LogP contribution in [0.2, 0.25) is 0 Å². The van der Waals surface area contributed by atoms with E-state index in [2.05, 4.69) is 4.74 Å². The van der Waals surface area contributed by atoms with Crippen LogP contribution in [-0.4, -0.2) is 18.2 Å². The Bertz CT molecular complexity index is 152. The zero-order chi connectivity index (χ0) is 8.15.